The number of benzene rings is 1. The first-order chi connectivity index (χ1) is 13.7. The highest BCUT2D eigenvalue weighted by atomic mass is 16.2. The van der Waals surface area contributed by atoms with E-state index in [4.69, 9.17) is 0 Å². The number of fused-ring (bicyclic) bond motifs is 1. The van der Waals surface area contributed by atoms with Crippen LogP contribution in [0.4, 0.5) is 5.69 Å². The summed E-state index contributed by atoms with van der Waals surface area (Å²) < 4.78 is 1.81. The van der Waals surface area contributed by atoms with Gasteiger partial charge in [0.1, 0.15) is 5.69 Å². The van der Waals surface area contributed by atoms with E-state index in [9.17, 15) is 9.59 Å². The van der Waals surface area contributed by atoms with Crippen molar-refractivity contribution in [1.82, 2.24) is 19.8 Å². The van der Waals surface area contributed by atoms with Gasteiger partial charge in [0, 0.05) is 51.2 Å². The molecule has 1 aromatic carbocycles. The molecule has 7 heteroatoms. The van der Waals surface area contributed by atoms with Crippen LogP contribution >= 0.6 is 0 Å². The van der Waals surface area contributed by atoms with Gasteiger partial charge in [0.25, 0.3) is 11.8 Å². The lowest BCUT2D eigenvalue weighted by Crippen LogP contribution is -2.41. The molecule has 0 bridgehead atoms. The van der Waals surface area contributed by atoms with Gasteiger partial charge in [-0.2, -0.15) is 0 Å². The first-order valence-corrected chi connectivity index (χ1v) is 10.1. The molecule has 1 aliphatic carbocycles. The maximum Gasteiger partial charge on any atom is 0.289 e. The van der Waals surface area contributed by atoms with Crippen LogP contribution in [0.2, 0.25) is 0 Å². The molecule has 2 aromatic rings. The summed E-state index contributed by atoms with van der Waals surface area (Å²) in [7, 11) is 0. The molecule has 2 heterocycles. The Labute approximate surface area is 165 Å². The van der Waals surface area contributed by atoms with E-state index in [1.807, 2.05) is 27.7 Å². The van der Waals surface area contributed by atoms with Crippen molar-refractivity contribution in [3.8, 4) is 0 Å². The van der Waals surface area contributed by atoms with Gasteiger partial charge in [-0.3, -0.25) is 9.59 Å². The van der Waals surface area contributed by atoms with Gasteiger partial charge in [0.2, 0.25) is 0 Å². The SMILES string of the molecule is CCN(CCNC(=O)c1cn2c(n1)C(=O)N(CC1CC1)CC2)c1ccccc1. The van der Waals surface area contributed by atoms with E-state index in [0.717, 1.165) is 18.8 Å². The van der Waals surface area contributed by atoms with Crippen molar-refractivity contribution < 1.29 is 9.59 Å². The van der Waals surface area contributed by atoms with Crippen molar-refractivity contribution in [1.29, 1.82) is 0 Å². The molecule has 1 saturated carbocycles. The molecule has 4 rings (SSSR count). The summed E-state index contributed by atoms with van der Waals surface area (Å²) in [5.41, 5.74) is 1.46. The highest BCUT2D eigenvalue weighted by Crippen LogP contribution is 2.30. The van der Waals surface area contributed by atoms with Crippen LogP contribution in [0.25, 0.3) is 0 Å². The Morgan fingerprint density at radius 3 is 2.75 bits per heavy atom. The van der Waals surface area contributed by atoms with Crippen molar-refractivity contribution in [2.24, 2.45) is 5.92 Å². The summed E-state index contributed by atoms with van der Waals surface area (Å²) in [5, 5.41) is 2.93. The molecule has 0 unspecified atom stereocenters. The maximum atomic E-state index is 12.6. The number of nitrogens with one attached hydrogen (secondary N) is 1. The molecule has 0 spiro atoms. The Kier molecular flexibility index (Phi) is 5.32. The number of likely N-dealkylation sites (N-methyl/N-ethyl adjacent to an activating group) is 1. The Morgan fingerprint density at radius 1 is 1.25 bits per heavy atom. The number of anilines is 1. The molecular weight excluding hydrogens is 354 g/mol. The fraction of sp³-hybridized carbons (Fsp3) is 0.476. The average molecular weight is 381 g/mol. The van der Waals surface area contributed by atoms with Crippen molar-refractivity contribution >= 4 is 17.5 Å². The van der Waals surface area contributed by atoms with E-state index in [0.29, 0.717) is 43.6 Å². The first kappa shape index (κ1) is 18.5. The van der Waals surface area contributed by atoms with Crippen LogP contribution in [0, 0.1) is 5.92 Å². The topological polar surface area (TPSA) is 70.5 Å². The molecule has 2 amide bonds. The van der Waals surface area contributed by atoms with E-state index in [1.54, 1.807) is 6.20 Å². The number of aromatic nitrogens is 2. The van der Waals surface area contributed by atoms with Crippen LogP contribution < -0.4 is 10.2 Å². The summed E-state index contributed by atoms with van der Waals surface area (Å²) >= 11 is 0. The lowest BCUT2D eigenvalue weighted by atomic mass is 10.3. The van der Waals surface area contributed by atoms with Crippen molar-refractivity contribution in [2.75, 3.05) is 37.6 Å². The highest BCUT2D eigenvalue weighted by Gasteiger charge is 2.32. The van der Waals surface area contributed by atoms with E-state index >= 15 is 0 Å². The Balaban J connectivity index is 1.34. The monoisotopic (exact) mass is 381 g/mol. The number of amides is 2. The number of imidazole rings is 1. The van der Waals surface area contributed by atoms with Gasteiger partial charge in [-0.05, 0) is 37.8 Å². The lowest BCUT2D eigenvalue weighted by Gasteiger charge is -2.27. The van der Waals surface area contributed by atoms with Crippen molar-refractivity contribution in [3.05, 3.63) is 48.0 Å². The van der Waals surface area contributed by atoms with Gasteiger partial charge in [-0.1, -0.05) is 18.2 Å². The highest BCUT2D eigenvalue weighted by molar-refractivity contribution is 5.96. The van der Waals surface area contributed by atoms with Crippen LogP contribution in [-0.4, -0.2) is 59.0 Å². The quantitative estimate of drug-likeness (QED) is 0.759. The second kappa shape index (κ2) is 8.04. The zero-order valence-corrected chi connectivity index (χ0v) is 16.3. The number of carbonyl (C=O) groups excluding carboxylic acids is 2. The average Bonchev–Trinajstić information content (AvgIpc) is 3.43. The summed E-state index contributed by atoms with van der Waals surface area (Å²) in [5.74, 6) is 0.752. The number of para-hydroxylation sites is 1. The number of hydrogen-bond donors (Lipinski definition) is 1. The minimum Gasteiger partial charge on any atom is -0.370 e. The number of nitrogens with zero attached hydrogens (tertiary/aromatic N) is 4. The minimum absolute atomic E-state index is 0.0570. The summed E-state index contributed by atoms with van der Waals surface area (Å²) in [4.78, 5) is 33.5. The van der Waals surface area contributed by atoms with E-state index in [1.165, 1.54) is 12.8 Å². The minimum atomic E-state index is -0.229. The smallest absolute Gasteiger partial charge is 0.289 e. The third kappa shape index (κ3) is 4.03. The molecule has 1 aliphatic heterocycles. The number of carbonyl (C=O) groups is 2. The molecular formula is C21H27N5O2. The van der Waals surface area contributed by atoms with Gasteiger partial charge < -0.3 is 19.7 Å². The predicted octanol–water partition coefficient (Wildman–Crippen LogP) is 2.01. The fourth-order valence-electron chi connectivity index (χ4n) is 3.63. The Morgan fingerprint density at radius 2 is 2.04 bits per heavy atom. The normalized spacial score (nSPS) is 16.0. The van der Waals surface area contributed by atoms with Gasteiger partial charge >= 0.3 is 0 Å². The zero-order valence-electron chi connectivity index (χ0n) is 16.3. The van der Waals surface area contributed by atoms with E-state index < -0.39 is 0 Å². The Hall–Kier alpha value is -2.83. The zero-order chi connectivity index (χ0) is 19.5. The predicted molar refractivity (Wildman–Crippen MR) is 108 cm³/mol. The summed E-state index contributed by atoms with van der Waals surface area (Å²) in [6.07, 6.45) is 4.12. The van der Waals surface area contributed by atoms with Crippen LogP contribution in [-0.2, 0) is 6.54 Å². The van der Waals surface area contributed by atoms with Gasteiger partial charge in [0.05, 0.1) is 0 Å². The fourth-order valence-corrected chi connectivity index (χ4v) is 3.63. The summed E-state index contributed by atoms with van der Waals surface area (Å²) in [6, 6.07) is 10.1. The van der Waals surface area contributed by atoms with Crippen LogP contribution in [0.1, 0.15) is 40.9 Å². The number of hydrogen-bond acceptors (Lipinski definition) is 4. The molecule has 0 radical (unpaired) electrons. The van der Waals surface area contributed by atoms with Crippen LogP contribution in [0.3, 0.4) is 0 Å². The third-order valence-electron chi connectivity index (χ3n) is 5.44. The molecule has 7 nitrogen and oxygen atoms in total. The van der Waals surface area contributed by atoms with Gasteiger partial charge in [-0.25, -0.2) is 4.98 Å². The van der Waals surface area contributed by atoms with E-state index in [-0.39, 0.29) is 11.8 Å². The molecule has 0 atom stereocenters. The van der Waals surface area contributed by atoms with Crippen molar-refractivity contribution in [2.45, 2.75) is 26.3 Å². The van der Waals surface area contributed by atoms with Crippen LogP contribution in [0.5, 0.6) is 0 Å². The van der Waals surface area contributed by atoms with Gasteiger partial charge in [-0.15, -0.1) is 0 Å². The second-order valence-electron chi connectivity index (χ2n) is 7.51. The molecule has 2 aliphatic rings. The lowest BCUT2D eigenvalue weighted by molar-refractivity contribution is 0.0688. The van der Waals surface area contributed by atoms with Crippen LogP contribution in [0.15, 0.2) is 36.5 Å². The second-order valence-corrected chi connectivity index (χ2v) is 7.51. The molecule has 1 fully saturated rings. The standard InChI is InChI=1S/C21H27N5O2/c1-2-24(17-6-4-3-5-7-17)11-10-22-20(27)18-15-25-12-13-26(14-16-8-9-16)21(28)19(25)23-18/h3-7,15-16H,2,8-14H2,1H3,(H,22,27). The molecule has 1 aromatic heterocycles. The van der Waals surface area contributed by atoms with Gasteiger partial charge in [0.15, 0.2) is 5.82 Å². The molecule has 1 N–H and O–H groups in total. The summed E-state index contributed by atoms with van der Waals surface area (Å²) in [6.45, 7) is 6.41. The van der Waals surface area contributed by atoms with Crippen molar-refractivity contribution in [3.63, 3.8) is 0 Å². The number of rotatable bonds is 8. The maximum absolute atomic E-state index is 12.6. The largest absolute Gasteiger partial charge is 0.370 e. The molecule has 28 heavy (non-hydrogen) atoms. The molecule has 0 saturated heterocycles. The van der Waals surface area contributed by atoms with E-state index in [2.05, 4.69) is 34.3 Å². The molecule has 148 valence electrons. The Bertz CT molecular complexity index is 844. The first-order valence-electron chi connectivity index (χ1n) is 10.1. The third-order valence-corrected chi connectivity index (χ3v) is 5.44.